The average molecular weight is 399 g/mol. The van der Waals surface area contributed by atoms with Crippen LogP contribution in [-0.2, 0) is 16.0 Å². The van der Waals surface area contributed by atoms with Gasteiger partial charge < -0.3 is 9.84 Å². The molecule has 0 spiro atoms. The van der Waals surface area contributed by atoms with Crippen molar-refractivity contribution in [2.24, 2.45) is 23.2 Å². The molecule has 6 atom stereocenters. The molecule has 1 unspecified atom stereocenters. The summed E-state index contributed by atoms with van der Waals surface area (Å²) in [6.45, 7) is 6.70. The summed E-state index contributed by atoms with van der Waals surface area (Å²) in [6, 6.07) is 5.99. The van der Waals surface area contributed by atoms with Crippen LogP contribution in [0.4, 0.5) is 0 Å². The molecule has 3 aliphatic rings. The SMILES string of the molecule is CCCCC(CC)C(=O)O[C@H]1CC[C@H]2[C@@H]3CCc4cc(O)ccc4[C@H]3CC[C@]12C. The van der Waals surface area contributed by atoms with Crippen molar-refractivity contribution in [3.8, 4) is 5.75 Å². The number of aryl methyl sites for hydroxylation is 1. The van der Waals surface area contributed by atoms with Crippen LogP contribution in [0, 0.1) is 23.2 Å². The minimum absolute atomic E-state index is 0.0550. The Morgan fingerprint density at radius 3 is 2.83 bits per heavy atom. The summed E-state index contributed by atoms with van der Waals surface area (Å²) in [7, 11) is 0. The van der Waals surface area contributed by atoms with E-state index in [0.29, 0.717) is 23.5 Å². The number of benzene rings is 1. The first-order valence-corrected chi connectivity index (χ1v) is 12.0. The van der Waals surface area contributed by atoms with Gasteiger partial charge in [-0.1, -0.05) is 39.7 Å². The highest BCUT2D eigenvalue weighted by molar-refractivity contribution is 5.72. The highest BCUT2D eigenvalue weighted by Gasteiger charge is 2.56. The molecular weight excluding hydrogens is 360 g/mol. The fourth-order valence-electron chi connectivity index (χ4n) is 6.89. The van der Waals surface area contributed by atoms with Gasteiger partial charge in [0.1, 0.15) is 11.9 Å². The van der Waals surface area contributed by atoms with E-state index in [9.17, 15) is 9.90 Å². The maximum Gasteiger partial charge on any atom is 0.309 e. The maximum atomic E-state index is 12.9. The lowest BCUT2D eigenvalue weighted by Gasteiger charge is -2.50. The third-order valence-electron chi connectivity index (χ3n) is 8.61. The van der Waals surface area contributed by atoms with Gasteiger partial charge in [0.05, 0.1) is 5.92 Å². The van der Waals surface area contributed by atoms with Crippen LogP contribution in [0.25, 0.3) is 0 Å². The molecule has 1 N–H and O–H groups in total. The third kappa shape index (κ3) is 3.70. The van der Waals surface area contributed by atoms with E-state index in [1.165, 1.54) is 30.4 Å². The number of fused-ring (bicyclic) bond motifs is 5. The second kappa shape index (κ2) is 8.32. The second-order valence-electron chi connectivity index (χ2n) is 10.1. The topological polar surface area (TPSA) is 46.5 Å². The summed E-state index contributed by atoms with van der Waals surface area (Å²) >= 11 is 0. The molecule has 29 heavy (non-hydrogen) atoms. The summed E-state index contributed by atoms with van der Waals surface area (Å²) in [5.41, 5.74) is 2.94. The van der Waals surface area contributed by atoms with Gasteiger partial charge in [-0.05, 0) is 92.4 Å². The van der Waals surface area contributed by atoms with E-state index in [0.717, 1.165) is 44.9 Å². The summed E-state index contributed by atoms with van der Waals surface area (Å²) in [4.78, 5) is 12.9. The molecule has 0 radical (unpaired) electrons. The van der Waals surface area contributed by atoms with E-state index >= 15 is 0 Å². The number of carbonyl (C=O) groups is 1. The van der Waals surface area contributed by atoms with Gasteiger partial charge >= 0.3 is 5.97 Å². The van der Waals surface area contributed by atoms with Crippen molar-refractivity contribution >= 4 is 5.97 Å². The Hall–Kier alpha value is -1.51. The zero-order valence-electron chi connectivity index (χ0n) is 18.5. The third-order valence-corrected chi connectivity index (χ3v) is 8.61. The van der Waals surface area contributed by atoms with Crippen molar-refractivity contribution in [3.05, 3.63) is 29.3 Å². The number of carbonyl (C=O) groups excluding carboxylic acids is 1. The van der Waals surface area contributed by atoms with Crippen molar-refractivity contribution in [2.45, 2.75) is 97.0 Å². The van der Waals surface area contributed by atoms with Crippen molar-refractivity contribution < 1.29 is 14.6 Å². The molecule has 2 saturated carbocycles. The second-order valence-corrected chi connectivity index (χ2v) is 10.1. The van der Waals surface area contributed by atoms with Gasteiger partial charge in [-0.25, -0.2) is 0 Å². The predicted molar refractivity (Wildman–Crippen MR) is 116 cm³/mol. The van der Waals surface area contributed by atoms with Crippen LogP contribution in [0.5, 0.6) is 5.75 Å². The standard InChI is InChI=1S/C26H38O3/c1-4-6-7-17(5-2)25(28)29-24-13-12-23-22-10-8-18-16-19(27)9-11-20(18)21(22)14-15-26(23,24)3/h9,11,16-17,21-24,27H,4-8,10,12-15H2,1-3H3/t17?,21-,22-,23+,24+,26+/m1/s1. The molecule has 0 heterocycles. The smallest absolute Gasteiger partial charge is 0.309 e. The van der Waals surface area contributed by atoms with E-state index in [1.807, 2.05) is 12.1 Å². The Bertz CT molecular complexity index is 741. The van der Waals surface area contributed by atoms with E-state index < -0.39 is 0 Å². The fourth-order valence-corrected chi connectivity index (χ4v) is 6.89. The first-order valence-electron chi connectivity index (χ1n) is 12.0. The monoisotopic (exact) mass is 398 g/mol. The van der Waals surface area contributed by atoms with Crippen LogP contribution in [0.1, 0.15) is 95.6 Å². The van der Waals surface area contributed by atoms with Crippen LogP contribution in [0.15, 0.2) is 18.2 Å². The summed E-state index contributed by atoms with van der Waals surface area (Å²) in [5.74, 6) is 2.47. The molecule has 0 amide bonds. The number of phenols is 1. The van der Waals surface area contributed by atoms with E-state index in [-0.39, 0.29) is 23.4 Å². The van der Waals surface area contributed by atoms with Crippen LogP contribution < -0.4 is 0 Å². The van der Waals surface area contributed by atoms with E-state index in [1.54, 1.807) is 0 Å². The highest BCUT2D eigenvalue weighted by atomic mass is 16.5. The van der Waals surface area contributed by atoms with Gasteiger partial charge in [0.15, 0.2) is 0 Å². The Balaban J connectivity index is 1.48. The highest BCUT2D eigenvalue weighted by Crippen LogP contribution is 2.61. The number of hydrogen-bond acceptors (Lipinski definition) is 3. The van der Waals surface area contributed by atoms with Crippen LogP contribution >= 0.6 is 0 Å². The minimum Gasteiger partial charge on any atom is -0.508 e. The van der Waals surface area contributed by atoms with Crippen molar-refractivity contribution in [1.29, 1.82) is 0 Å². The number of unbranched alkanes of at least 4 members (excludes halogenated alkanes) is 1. The molecule has 3 heteroatoms. The van der Waals surface area contributed by atoms with Gasteiger partial charge in [0.25, 0.3) is 0 Å². The van der Waals surface area contributed by atoms with Crippen LogP contribution in [0.2, 0.25) is 0 Å². The maximum absolute atomic E-state index is 12.9. The van der Waals surface area contributed by atoms with Gasteiger partial charge in [-0.15, -0.1) is 0 Å². The summed E-state index contributed by atoms with van der Waals surface area (Å²) in [5, 5.41) is 9.86. The Morgan fingerprint density at radius 1 is 1.24 bits per heavy atom. The van der Waals surface area contributed by atoms with Crippen molar-refractivity contribution in [3.63, 3.8) is 0 Å². The molecule has 0 aliphatic heterocycles. The summed E-state index contributed by atoms with van der Waals surface area (Å²) in [6.07, 6.45) is 11.0. The molecule has 1 aromatic rings. The lowest BCUT2D eigenvalue weighted by Crippen LogP contribution is -2.45. The lowest BCUT2D eigenvalue weighted by molar-refractivity contribution is -0.163. The van der Waals surface area contributed by atoms with Gasteiger partial charge in [-0.2, -0.15) is 0 Å². The first-order chi connectivity index (χ1) is 14.0. The Morgan fingerprint density at radius 2 is 2.07 bits per heavy atom. The molecule has 0 saturated heterocycles. The largest absolute Gasteiger partial charge is 0.508 e. The number of aromatic hydroxyl groups is 1. The average Bonchev–Trinajstić information content (AvgIpc) is 3.04. The van der Waals surface area contributed by atoms with Gasteiger partial charge in [0, 0.05) is 5.41 Å². The number of esters is 1. The lowest BCUT2D eigenvalue weighted by atomic mass is 9.55. The summed E-state index contributed by atoms with van der Waals surface area (Å²) < 4.78 is 6.23. The molecule has 0 aromatic heterocycles. The normalized spacial score (nSPS) is 34.0. The van der Waals surface area contributed by atoms with Gasteiger partial charge in [0.2, 0.25) is 0 Å². The van der Waals surface area contributed by atoms with E-state index in [2.05, 4.69) is 26.8 Å². The zero-order chi connectivity index (χ0) is 20.6. The van der Waals surface area contributed by atoms with Crippen LogP contribution in [0.3, 0.4) is 0 Å². The van der Waals surface area contributed by atoms with Crippen LogP contribution in [-0.4, -0.2) is 17.2 Å². The molecule has 0 bridgehead atoms. The zero-order valence-corrected chi connectivity index (χ0v) is 18.5. The molecule has 160 valence electrons. The predicted octanol–water partition coefficient (Wildman–Crippen LogP) is 6.38. The Kier molecular flexibility index (Phi) is 5.95. The number of hydrogen-bond donors (Lipinski definition) is 1. The molecule has 4 rings (SSSR count). The molecule has 2 fully saturated rings. The van der Waals surface area contributed by atoms with E-state index in [4.69, 9.17) is 4.74 Å². The molecule has 3 aliphatic carbocycles. The number of ether oxygens (including phenoxy) is 1. The molecule has 1 aromatic carbocycles. The number of phenolic OH excluding ortho intramolecular Hbond substituents is 1. The van der Waals surface area contributed by atoms with Crippen molar-refractivity contribution in [1.82, 2.24) is 0 Å². The number of rotatable bonds is 6. The molecular formula is C26H38O3. The Labute approximate surface area is 176 Å². The fraction of sp³-hybridized carbons (Fsp3) is 0.731. The van der Waals surface area contributed by atoms with Gasteiger partial charge in [-0.3, -0.25) is 4.79 Å². The van der Waals surface area contributed by atoms with Crippen molar-refractivity contribution in [2.75, 3.05) is 0 Å². The minimum atomic E-state index is 0.0550. The quantitative estimate of drug-likeness (QED) is 0.566. The first kappa shape index (κ1) is 20.8. The molecule has 3 nitrogen and oxygen atoms in total.